The first-order valence-corrected chi connectivity index (χ1v) is 9.27. The van der Waals surface area contributed by atoms with Gasteiger partial charge in [0.15, 0.2) is 4.34 Å². The fraction of sp³-hybridized carbons (Fsp3) is 0.143. The van der Waals surface area contributed by atoms with E-state index in [2.05, 4.69) is 21.6 Å². The molecule has 0 fully saturated rings. The molecule has 3 aromatic rings. The van der Waals surface area contributed by atoms with Gasteiger partial charge in [-0.25, -0.2) is 0 Å². The molecule has 3 rings (SSSR count). The first kappa shape index (κ1) is 15.9. The molecule has 9 heteroatoms. The van der Waals surface area contributed by atoms with Crippen LogP contribution < -0.4 is 10.9 Å². The lowest BCUT2D eigenvalue weighted by molar-refractivity contribution is 0.102. The number of amides is 1. The SMILES string of the molecule is Cn1ccc(C(=O)Nc2nnc(SCc3cccs3)s2)cc1=O. The largest absolute Gasteiger partial charge is 0.319 e. The first-order chi connectivity index (χ1) is 11.1. The minimum atomic E-state index is -0.367. The van der Waals surface area contributed by atoms with Gasteiger partial charge in [-0.2, -0.15) is 0 Å². The Hall–Kier alpha value is -1.97. The van der Waals surface area contributed by atoms with Crippen molar-refractivity contribution in [2.75, 3.05) is 5.32 Å². The Labute approximate surface area is 144 Å². The average Bonchev–Trinajstić information content (AvgIpc) is 3.19. The molecule has 3 heterocycles. The maximum absolute atomic E-state index is 12.1. The van der Waals surface area contributed by atoms with Crippen LogP contribution in [0.3, 0.4) is 0 Å². The van der Waals surface area contributed by atoms with E-state index in [-0.39, 0.29) is 11.5 Å². The molecule has 0 bridgehead atoms. The van der Waals surface area contributed by atoms with Gasteiger partial charge in [-0.05, 0) is 17.5 Å². The van der Waals surface area contributed by atoms with Gasteiger partial charge in [0, 0.05) is 35.5 Å². The number of pyridine rings is 1. The molecule has 6 nitrogen and oxygen atoms in total. The molecular weight excluding hydrogens is 352 g/mol. The number of nitrogens with zero attached hydrogens (tertiary/aromatic N) is 3. The lowest BCUT2D eigenvalue weighted by Crippen LogP contribution is -2.19. The highest BCUT2D eigenvalue weighted by atomic mass is 32.2. The summed E-state index contributed by atoms with van der Waals surface area (Å²) in [5.74, 6) is 0.461. The van der Waals surface area contributed by atoms with E-state index in [1.165, 1.54) is 26.8 Å². The molecule has 0 aliphatic heterocycles. The summed E-state index contributed by atoms with van der Waals surface area (Å²) in [4.78, 5) is 24.9. The molecule has 0 aliphatic rings. The summed E-state index contributed by atoms with van der Waals surface area (Å²) in [5, 5.41) is 13.1. The maximum atomic E-state index is 12.1. The molecule has 0 atom stereocenters. The molecule has 0 radical (unpaired) electrons. The Bertz CT molecular complexity index is 870. The topological polar surface area (TPSA) is 76.9 Å². The summed E-state index contributed by atoms with van der Waals surface area (Å²) in [6.45, 7) is 0. The van der Waals surface area contributed by atoms with Gasteiger partial charge in [-0.3, -0.25) is 14.9 Å². The minimum Gasteiger partial charge on any atom is -0.319 e. The molecule has 0 aromatic carbocycles. The zero-order valence-corrected chi connectivity index (χ0v) is 14.5. The van der Waals surface area contributed by atoms with Gasteiger partial charge < -0.3 is 4.57 Å². The predicted octanol–water partition coefficient (Wildman–Crippen LogP) is 2.84. The summed E-state index contributed by atoms with van der Waals surface area (Å²) in [5.41, 5.74) is 0.0678. The number of carbonyl (C=O) groups is 1. The predicted molar refractivity (Wildman–Crippen MR) is 93.4 cm³/mol. The van der Waals surface area contributed by atoms with Crippen molar-refractivity contribution in [3.63, 3.8) is 0 Å². The lowest BCUT2D eigenvalue weighted by Gasteiger charge is -2.01. The third-order valence-corrected chi connectivity index (χ3v) is 5.99. The van der Waals surface area contributed by atoms with Crippen LogP contribution in [-0.2, 0) is 12.8 Å². The molecule has 118 valence electrons. The van der Waals surface area contributed by atoms with Crippen LogP contribution in [0, 0.1) is 0 Å². The lowest BCUT2D eigenvalue weighted by atomic mass is 10.2. The van der Waals surface area contributed by atoms with Crippen molar-refractivity contribution >= 4 is 45.5 Å². The maximum Gasteiger partial charge on any atom is 0.257 e. The highest BCUT2D eigenvalue weighted by molar-refractivity contribution is 8.00. The zero-order valence-electron chi connectivity index (χ0n) is 12.1. The summed E-state index contributed by atoms with van der Waals surface area (Å²) < 4.78 is 2.19. The second-order valence-corrected chi connectivity index (χ2v) is 7.79. The van der Waals surface area contributed by atoms with E-state index >= 15 is 0 Å². The van der Waals surface area contributed by atoms with Crippen LogP contribution in [0.1, 0.15) is 15.2 Å². The van der Waals surface area contributed by atoms with Crippen LogP contribution >= 0.6 is 34.4 Å². The normalized spacial score (nSPS) is 10.7. The Morgan fingerprint density at radius 1 is 1.39 bits per heavy atom. The number of hydrogen-bond acceptors (Lipinski definition) is 7. The fourth-order valence-electron chi connectivity index (χ4n) is 1.71. The van der Waals surface area contributed by atoms with E-state index in [0.717, 1.165) is 10.1 Å². The average molecular weight is 364 g/mol. The number of thioether (sulfide) groups is 1. The zero-order chi connectivity index (χ0) is 16.2. The second-order valence-electron chi connectivity index (χ2n) is 4.56. The van der Waals surface area contributed by atoms with Crippen LogP contribution in [0.2, 0.25) is 0 Å². The van der Waals surface area contributed by atoms with Crippen molar-refractivity contribution in [1.29, 1.82) is 0 Å². The summed E-state index contributed by atoms with van der Waals surface area (Å²) in [6.07, 6.45) is 1.56. The molecule has 0 aliphatic carbocycles. The Morgan fingerprint density at radius 3 is 3.00 bits per heavy atom. The third kappa shape index (κ3) is 4.06. The first-order valence-electron chi connectivity index (χ1n) is 6.58. The molecular formula is C14H12N4O2S3. The molecule has 3 aromatic heterocycles. The second kappa shape index (κ2) is 7.07. The highest BCUT2D eigenvalue weighted by Gasteiger charge is 2.11. The smallest absolute Gasteiger partial charge is 0.257 e. The number of rotatable bonds is 5. The van der Waals surface area contributed by atoms with E-state index in [9.17, 15) is 9.59 Å². The van der Waals surface area contributed by atoms with Gasteiger partial charge >= 0.3 is 0 Å². The van der Waals surface area contributed by atoms with Crippen molar-refractivity contribution in [3.05, 3.63) is 56.6 Å². The van der Waals surface area contributed by atoms with Crippen LogP contribution in [0.5, 0.6) is 0 Å². The van der Waals surface area contributed by atoms with E-state index in [1.807, 2.05) is 11.4 Å². The van der Waals surface area contributed by atoms with Crippen LogP contribution in [0.25, 0.3) is 0 Å². The van der Waals surface area contributed by atoms with Crippen LogP contribution in [0.15, 0.2) is 45.0 Å². The number of aromatic nitrogens is 3. The standard InChI is InChI=1S/C14H12N4O2S3/c1-18-5-4-9(7-11(18)19)12(20)15-13-16-17-14(23-13)22-8-10-3-2-6-21-10/h2-7H,8H2,1H3,(H,15,16,20). The van der Waals surface area contributed by atoms with Gasteiger partial charge in [-0.1, -0.05) is 29.2 Å². The van der Waals surface area contributed by atoms with E-state index in [1.54, 1.807) is 42.4 Å². The number of thiophene rings is 1. The van der Waals surface area contributed by atoms with Gasteiger partial charge in [-0.15, -0.1) is 21.5 Å². The molecule has 0 spiro atoms. The van der Waals surface area contributed by atoms with Crippen molar-refractivity contribution < 1.29 is 4.79 Å². The molecule has 0 unspecified atom stereocenters. The van der Waals surface area contributed by atoms with Crippen LogP contribution in [0.4, 0.5) is 5.13 Å². The van der Waals surface area contributed by atoms with Gasteiger partial charge in [0.1, 0.15) is 0 Å². The van der Waals surface area contributed by atoms with Crippen LogP contribution in [-0.4, -0.2) is 20.7 Å². The molecule has 1 amide bonds. The number of aryl methyl sites for hydroxylation is 1. The molecule has 23 heavy (non-hydrogen) atoms. The molecule has 0 saturated carbocycles. The Balaban J connectivity index is 1.62. The monoisotopic (exact) mass is 364 g/mol. The van der Waals surface area contributed by atoms with Crippen molar-refractivity contribution in [3.8, 4) is 0 Å². The molecule has 0 saturated heterocycles. The van der Waals surface area contributed by atoms with Crippen molar-refractivity contribution in [1.82, 2.24) is 14.8 Å². The fourth-order valence-corrected chi connectivity index (χ4v) is 4.23. The number of carbonyl (C=O) groups excluding carboxylic acids is 1. The van der Waals surface area contributed by atoms with Gasteiger partial charge in [0.25, 0.3) is 11.5 Å². The van der Waals surface area contributed by atoms with E-state index < -0.39 is 0 Å². The Morgan fingerprint density at radius 2 is 2.26 bits per heavy atom. The van der Waals surface area contributed by atoms with Crippen molar-refractivity contribution in [2.45, 2.75) is 10.1 Å². The minimum absolute atomic E-state index is 0.234. The number of hydrogen-bond donors (Lipinski definition) is 1. The Kier molecular flexibility index (Phi) is 4.89. The summed E-state index contributed by atoms with van der Waals surface area (Å²) in [6, 6.07) is 6.96. The number of nitrogens with one attached hydrogen (secondary N) is 1. The third-order valence-electron chi connectivity index (χ3n) is 2.91. The van der Waals surface area contributed by atoms with Gasteiger partial charge in [0.05, 0.1) is 0 Å². The summed E-state index contributed by atoms with van der Waals surface area (Å²) in [7, 11) is 1.63. The van der Waals surface area contributed by atoms with E-state index in [4.69, 9.17) is 0 Å². The highest BCUT2D eigenvalue weighted by Crippen LogP contribution is 2.29. The summed E-state index contributed by atoms with van der Waals surface area (Å²) >= 11 is 4.59. The quantitative estimate of drug-likeness (QED) is 0.556. The molecule has 1 N–H and O–H groups in total. The van der Waals surface area contributed by atoms with E-state index in [0.29, 0.717) is 10.7 Å². The van der Waals surface area contributed by atoms with Gasteiger partial charge in [0.2, 0.25) is 5.13 Å². The number of anilines is 1. The van der Waals surface area contributed by atoms with Crippen molar-refractivity contribution in [2.24, 2.45) is 7.05 Å².